The zero-order valence-corrected chi connectivity index (χ0v) is 11.1. The molecule has 2 aromatic rings. The monoisotopic (exact) mass is 278 g/mol. The minimum Gasteiger partial charge on any atom is -0.476 e. The van der Waals surface area contributed by atoms with E-state index in [9.17, 15) is 4.79 Å². The van der Waals surface area contributed by atoms with Gasteiger partial charge in [-0.2, -0.15) is 0 Å². The van der Waals surface area contributed by atoms with Crippen LogP contribution in [0.5, 0.6) is 11.6 Å². The van der Waals surface area contributed by atoms with Gasteiger partial charge in [0.1, 0.15) is 5.75 Å². The smallest absolute Gasteiger partial charge is 0.360 e. The maximum atomic E-state index is 11.0. The molecule has 2 rings (SSSR count). The van der Waals surface area contributed by atoms with Gasteiger partial charge in [-0.25, -0.2) is 14.8 Å². The number of benzene rings is 1. The lowest BCUT2D eigenvalue weighted by Crippen LogP contribution is -2.05. The van der Waals surface area contributed by atoms with Crippen LogP contribution < -0.4 is 4.74 Å². The van der Waals surface area contributed by atoms with Crippen LogP contribution in [0, 0.1) is 13.8 Å². The number of nitrogens with zero attached hydrogens (tertiary/aromatic N) is 2. The number of aryl methyl sites for hydroxylation is 2. The van der Waals surface area contributed by atoms with Gasteiger partial charge in [0.2, 0.25) is 5.69 Å². The largest absolute Gasteiger partial charge is 0.476 e. The van der Waals surface area contributed by atoms with Gasteiger partial charge in [-0.05, 0) is 37.1 Å². The van der Waals surface area contributed by atoms with E-state index in [4.69, 9.17) is 21.4 Å². The van der Waals surface area contributed by atoms with E-state index in [1.165, 1.54) is 12.4 Å². The van der Waals surface area contributed by atoms with Gasteiger partial charge >= 0.3 is 5.97 Å². The summed E-state index contributed by atoms with van der Waals surface area (Å²) in [4.78, 5) is 18.7. The van der Waals surface area contributed by atoms with E-state index in [1.807, 2.05) is 13.8 Å². The third-order valence-corrected chi connectivity index (χ3v) is 2.71. The van der Waals surface area contributed by atoms with E-state index in [2.05, 4.69) is 9.97 Å². The highest BCUT2D eigenvalue weighted by Crippen LogP contribution is 2.31. The molecule has 0 amide bonds. The fourth-order valence-corrected chi connectivity index (χ4v) is 2.03. The number of halogens is 1. The van der Waals surface area contributed by atoms with Gasteiger partial charge in [0.15, 0.2) is 0 Å². The van der Waals surface area contributed by atoms with Crippen molar-refractivity contribution < 1.29 is 14.6 Å². The number of hydrogen-bond acceptors (Lipinski definition) is 4. The maximum Gasteiger partial charge on any atom is 0.360 e. The van der Waals surface area contributed by atoms with Crippen LogP contribution in [-0.2, 0) is 0 Å². The summed E-state index contributed by atoms with van der Waals surface area (Å²) in [6, 6.07) is 3.47. The molecule has 0 radical (unpaired) electrons. The number of rotatable bonds is 3. The Balaban J connectivity index is 2.45. The molecule has 0 unspecified atom stereocenters. The normalized spacial score (nSPS) is 10.3. The van der Waals surface area contributed by atoms with Crippen LogP contribution in [0.2, 0.25) is 5.02 Å². The molecule has 0 atom stereocenters. The molecule has 0 saturated heterocycles. The van der Waals surface area contributed by atoms with Gasteiger partial charge in [-0.1, -0.05) is 11.6 Å². The Morgan fingerprint density at radius 1 is 1.21 bits per heavy atom. The van der Waals surface area contributed by atoms with Gasteiger partial charge in [-0.15, -0.1) is 0 Å². The van der Waals surface area contributed by atoms with Gasteiger partial charge in [0.25, 0.3) is 5.88 Å². The third-order valence-electron chi connectivity index (χ3n) is 2.49. The van der Waals surface area contributed by atoms with E-state index in [-0.39, 0.29) is 11.6 Å². The van der Waals surface area contributed by atoms with E-state index in [0.29, 0.717) is 10.8 Å². The predicted octanol–water partition coefficient (Wildman–Crippen LogP) is 3.24. The van der Waals surface area contributed by atoms with E-state index < -0.39 is 5.97 Å². The highest BCUT2D eigenvalue weighted by atomic mass is 35.5. The molecular weight excluding hydrogens is 268 g/mol. The molecule has 0 saturated carbocycles. The molecule has 1 aromatic heterocycles. The van der Waals surface area contributed by atoms with Crippen LogP contribution in [0.25, 0.3) is 0 Å². The lowest BCUT2D eigenvalue weighted by molar-refractivity contribution is 0.0686. The third kappa shape index (κ3) is 2.82. The molecular formula is C13H11ClN2O3. The number of carbonyl (C=O) groups is 1. The fraction of sp³-hybridized carbons (Fsp3) is 0.154. The van der Waals surface area contributed by atoms with Crippen LogP contribution in [-0.4, -0.2) is 21.0 Å². The lowest BCUT2D eigenvalue weighted by Gasteiger charge is -2.12. The summed E-state index contributed by atoms with van der Waals surface area (Å²) >= 11 is 5.93. The number of hydrogen-bond donors (Lipinski definition) is 1. The van der Waals surface area contributed by atoms with Gasteiger partial charge in [-0.3, -0.25) is 0 Å². The maximum absolute atomic E-state index is 11.0. The van der Waals surface area contributed by atoms with Crippen LogP contribution in [0.3, 0.4) is 0 Å². The van der Waals surface area contributed by atoms with Crippen molar-refractivity contribution in [2.75, 3.05) is 0 Å². The fourth-order valence-electron chi connectivity index (χ4n) is 1.70. The quantitative estimate of drug-likeness (QED) is 0.933. The Bertz CT molecular complexity index is 621. The molecule has 1 aromatic carbocycles. The topological polar surface area (TPSA) is 72.3 Å². The molecule has 5 nitrogen and oxygen atoms in total. The first kappa shape index (κ1) is 13.3. The molecule has 98 valence electrons. The highest BCUT2D eigenvalue weighted by molar-refractivity contribution is 6.30. The Hall–Kier alpha value is -2.14. The van der Waals surface area contributed by atoms with Crippen molar-refractivity contribution in [3.63, 3.8) is 0 Å². The van der Waals surface area contributed by atoms with Crippen LogP contribution in [0.4, 0.5) is 0 Å². The van der Waals surface area contributed by atoms with E-state index in [1.54, 1.807) is 12.1 Å². The molecule has 0 spiro atoms. The Morgan fingerprint density at radius 3 is 2.37 bits per heavy atom. The zero-order chi connectivity index (χ0) is 14.0. The first-order valence-corrected chi connectivity index (χ1v) is 5.85. The van der Waals surface area contributed by atoms with Crippen LogP contribution in [0.15, 0.2) is 24.5 Å². The molecule has 0 aliphatic carbocycles. The average Bonchev–Trinajstić information content (AvgIpc) is 2.34. The lowest BCUT2D eigenvalue weighted by atomic mass is 10.1. The summed E-state index contributed by atoms with van der Waals surface area (Å²) in [6.07, 6.45) is 2.68. The summed E-state index contributed by atoms with van der Waals surface area (Å²) < 4.78 is 5.57. The molecule has 0 fully saturated rings. The summed E-state index contributed by atoms with van der Waals surface area (Å²) in [5.74, 6) is -0.691. The summed E-state index contributed by atoms with van der Waals surface area (Å²) in [7, 11) is 0. The van der Waals surface area contributed by atoms with E-state index >= 15 is 0 Å². The Morgan fingerprint density at radius 2 is 1.79 bits per heavy atom. The SMILES string of the molecule is Cc1cc(Cl)cc(C)c1Oc1nccnc1C(=O)O. The molecule has 0 bridgehead atoms. The first-order valence-electron chi connectivity index (χ1n) is 5.48. The standard InChI is InChI=1S/C13H11ClN2O3/c1-7-5-9(14)6-8(2)11(7)19-12-10(13(17)18)15-3-4-16-12/h3-6H,1-2H3,(H,17,18). The number of ether oxygens (including phenoxy) is 1. The zero-order valence-electron chi connectivity index (χ0n) is 10.3. The number of aromatic carboxylic acids is 1. The number of carboxylic acid groups (broad SMARTS) is 1. The molecule has 0 aliphatic heterocycles. The van der Waals surface area contributed by atoms with Crippen molar-refractivity contribution in [2.45, 2.75) is 13.8 Å². The molecule has 1 N–H and O–H groups in total. The van der Waals surface area contributed by atoms with Crippen molar-refractivity contribution in [1.29, 1.82) is 0 Å². The minimum absolute atomic E-state index is 0.0384. The summed E-state index contributed by atoms with van der Waals surface area (Å²) in [6.45, 7) is 3.65. The minimum atomic E-state index is -1.19. The van der Waals surface area contributed by atoms with Crippen molar-refractivity contribution in [2.24, 2.45) is 0 Å². The van der Waals surface area contributed by atoms with Crippen molar-refractivity contribution in [3.05, 3.63) is 46.4 Å². The van der Waals surface area contributed by atoms with Crippen LogP contribution in [0.1, 0.15) is 21.6 Å². The second-order valence-electron chi connectivity index (χ2n) is 3.99. The second-order valence-corrected chi connectivity index (χ2v) is 4.42. The van der Waals surface area contributed by atoms with Crippen LogP contribution >= 0.6 is 11.6 Å². The molecule has 19 heavy (non-hydrogen) atoms. The van der Waals surface area contributed by atoms with Gasteiger partial charge in [0.05, 0.1) is 0 Å². The predicted molar refractivity (Wildman–Crippen MR) is 70.0 cm³/mol. The first-order chi connectivity index (χ1) is 8.99. The van der Waals surface area contributed by atoms with Crippen molar-refractivity contribution in [1.82, 2.24) is 9.97 Å². The number of aromatic nitrogens is 2. The highest BCUT2D eigenvalue weighted by Gasteiger charge is 2.16. The van der Waals surface area contributed by atoms with Gasteiger partial charge in [0, 0.05) is 17.4 Å². The summed E-state index contributed by atoms with van der Waals surface area (Å²) in [5.41, 5.74) is 1.37. The van der Waals surface area contributed by atoms with Crippen molar-refractivity contribution >= 4 is 17.6 Å². The average molecular weight is 279 g/mol. The summed E-state index contributed by atoms with van der Waals surface area (Å²) in [5, 5.41) is 9.62. The Labute approximate surface area is 114 Å². The van der Waals surface area contributed by atoms with Crippen molar-refractivity contribution in [3.8, 4) is 11.6 Å². The van der Waals surface area contributed by atoms with Gasteiger partial charge < -0.3 is 9.84 Å². The molecule has 1 heterocycles. The van der Waals surface area contributed by atoms with E-state index in [0.717, 1.165) is 11.1 Å². The Kier molecular flexibility index (Phi) is 3.66. The molecule has 6 heteroatoms. The molecule has 0 aliphatic rings. The number of carboxylic acids is 1. The second kappa shape index (κ2) is 5.24.